The second-order valence-corrected chi connectivity index (χ2v) is 5.82. The van der Waals surface area contributed by atoms with E-state index in [2.05, 4.69) is 20.9 Å². The van der Waals surface area contributed by atoms with Crippen LogP contribution in [0, 0.1) is 6.92 Å². The lowest BCUT2D eigenvalue weighted by molar-refractivity contribution is 0.252. The van der Waals surface area contributed by atoms with Gasteiger partial charge in [-0.15, -0.1) is 0 Å². The molecule has 0 aliphatic carbocycles. The summed E-state index contributed by atoms with van der Waals surface area (Å²) in [5, 5.41) is 0. The first kappa shape index (κ1) is 13.1. The van der Waals surface area contributed by atoms with Crippen LogP contribution in [0.25, 0.3) is 11.1 Å². The fraction of sp³-hybridized carbons (Fsp3) is 0.312. The molecule has 0 saturated carbocycles. The van der Waals surface area contributed by atoms with Crippen molar-refractivity contribution in [2.24, 2.45) is 5.73 Å². The Balaban J connectivity index is 1.91. The predicted octanol–water partition coefficient (Wildman–Crippen LogP) is 1.93. The molecular weight excluding hydrogens is 278 g/mol. The number of carbonyl (C=O) groups is 1. The number of carbonyl (C=O) groups excluding carboxylic acids is 1. The van der Waals surface area contributed by atoms with Crippen LogP contribution in [-0.2, 0) is 0 Å². The third-order valence-electron chi connectivity index (χ3n) is 4.44. The Bertz CT molecular complexity index is 743. The topological polar surface area (TPSA) is 75.3 Å². The first-order valence-electron chi connectivity index (χ1n) is 7.41. The predicted molar refractivity (Wildman–Crippen MR) is 84.9 cm³/mol. The largest absolute Gasteiger partial charge is 0.366 e. The molecule has 6 nitrogen and oxygen atoms in total. The molecule has 4 heterocycles. The van der Waals surface area contributed by atoms with Gasteiger partial charge in [0.2, 0.25) is 0 Å². The minimum absolute atomic E-state index is 0.129. The number of hydrogen-bond acceptors (Lipinski definition) is 4. The van der Waals surface area contributed by atoms with Gasteiger partial charge in [-0.05, 0) is 25.5 Å². The quantitative estimate of drug-likeness (QED) is 0.872. The number of pyridine rings is 2. The summed E-state index contributed by atoms with van der Waals surface area (Å²) in [5.74, 6) is 0.666. The maximum atomic E-state index is 11.9. The summed E-state index contributed by atoms with van der Waals surface area (Å²) in [6.45, 7) is 3.69. The molecule has 112 valence electrons. The number of nitrogens with zero attached hydrogens (tertiary/aromatic N) is 4. The van der Waals surface area contributed by atoms with Crippen LogP contribution in [0.4, 0.5) is 16.3 Å². The standard InChI is InChI=1S/C16H17N5O/c1-10-2-3-11(8-19-10)13-4-6-18-15-14(13)20-7-5-12(9-20)21(15)16(17)22/h2-4,6,8,12H,5,7,9H2,1H3,(H2,17,22). The molecule has 0 aromatic carbocycles. The molecule has 2 aliphatic rings. The number of primary amides is 1. The maximum Gasteiger partial charge on any atom is 0.320 e. The Kier molecular flexibility index (Phi) is 2.79. The Morgan fingerprint density at radius 2 is 2.18 bits per heavy atom. The lowest BCUT2D eigenvalue weighted by Gasteiger charge is -2.35. The van der Waals surface area contributed by atoms with Crippen molar-refractivity contribution in [2.75, 3.05) is 22.9 Å². The zero-order valence-electron chi connectivity index (χ0n) is 12.4. The van der Waals surface area contributed by atoms with Gasteiger partial charge in [-0.2, -0.15) is 0 Å². The average Bonchev–Trinajstić information content (AvgIpc) is 2.91. The summed E-state index contributed by atoms with van der Waals surface area (Å²) in [5.41, 5.74) is 9.63. The van der Waals surface area contributed by atoms with Gasteiger partial charge in [0, 0.05) is 42.3 Å². The van der Waals surface area contributed by atoms with Gasteiger partial charge < -0.3 is 10.6 Å². The van der Waals surface area contributed by atoms with E-state index in [-0.39, 0.29) is 6.04 Å². The van der Waals surface area contributed by atoms with Gasteiger partial charge in [-0.25, -0.2) is 9.78 Å². The minimum atomic E-state index is -0.431. The summed E-state index contributed by atoms with van der Waals surface area (Å²) >= 11 is 0. The van der Waals surface area contributed by atoms with Gasteiger partial charge in [-0.1, -0.05) is 6.07 Å². The van der Waals surface area contributed by atoms with E-state index >= 15 is 0 Å². The molecule has 2 aromatic rings. The van der Waals surface area contributed by atoms with Crippen molar-refractivity contribution < 1.29 is 4.79 Å². The number of fused-ring (bicyclic) bond motifs is 4. The minimum Gasteiger partial charge on any atom is -0.366 e. The molecule has 1 unspecified atom stereocenters. The molecule has 2 aliphatic heterocycles. The first-order chi connectivity index (χ1) is 10.6. The lowest BCUT2D eigenvalue weighted by Crippen LogP contribution is -2.49. The van der Waals surface area contributed by atoms with Crippen LogP contribution in [0.2, 0.25) is 0 Å². The van der Waals surface area contributed by atoms with Crippen molar-refractivity contribution >= 4 is 17.5 Å². The van der Waals surface area contributed by atoms with Gasteiger partial charge in [-0.3, -0.25) is 9.88 Å². The lowest BCUT2D eigenvalue weighted by atomic mass is 10.0. The molecule has 1 saturated heterocycles. The summed E-state index contributed by atoms with van der Waals surface area (Å²) in [6, 6.07) is 5.71. The Labute approximate surface area is 128 Å². The van der Waals surface area contributed by atoms with Crippen molar-refractivity contribution in [1.29, 1.82) is 0 Å². The number of rotatable bonds is 1. The van der Waals surface area contributed by atoms with E-state index < -0.39 is 6.03 Å². The van der Waals surface area contributed by atoms with E-state index in [0.717, 1.165) is 42.0 Å². The van der Waals surface area contributed by atoms with E-state index in [1.54, 1.807) is 11.1 Å². The number of nitrogens with two attached hydrogens (primary N) is 1. The van der Waals surface area contributed by atoms with Crippen LogP contribution >= 0.6 is 0 Å². The molecule has 4 rings (SSSR count). The Morgan fingerprint density at radius 1 is 1.32 bits per heavy atom. The van der Waals surface area contributed by atoms with Crippen molar-refractivity contribution in [1.82, 2.24) is 9.97 Å². The fourth-order valence-corrected chi connectivity index (χ4v) is 3.40. The van der Waals surface area contributed by atoms with Crippen LogP contribution in [0.1, 0.15) is 12.1 Å². The number of urea groups is 1. The number of hydrogen-bond donors (Lipinski definition) is 1. The van der Waals surface area contributed by atoms with Gasteiger partial charge >= 0.3 is 6.03 Å². The van der Waals surface area contributed by atoms with Gasteiger partial charge in [0.25, 0.3) is 0 Å². The molecule has 0 spiro atoms. The number of aryl methyl sites for hydroxylation is 1. The Morgan fingerprint density at radius 3 is 2.91 bits per heavy atom. The SMILES string of the molecule is Cc1ccc(-c2ccnc3c2N2CCC(C2)N3C(N)=O)cn1. The van der Waals surface area contributed by atoms with Gasteiger partial charge in [0.05, 0.1) is 11.7 Å². The van der Waals surface area contributed by atoms with Crippen molar-refractivity contribution in [3.63, 3.8) is 0 Å². The zero-order valence-corrected chi connectivity index (χ0v) is 12.4. The van der Waals surface area contributed by atoms with Crippen molar-refractivity contribution in [3.05, 3.63) is 36.3 Å². The Hall–Kier alpha value is -2.63. The van der Waals surface area contributed by atoms with Gasteiger partial charge in [0.1, 0.15) is 0 Å². The smallest absolute Gasteiger partial charge is 0.320 e. The van der Waals surface area contributed by atoms with E-state index in [9.17, 15) is 4.79 Å². The first-order valence-corrected chi connectivity index (χ1v) is 7.41. The molecule has 2 N–H and O–H groups in total. The number of anilines is 2. The molecule has 2 aromatic heterocycles. The second kappa shape index (κ2) is 4.69. The molecule has 6 heteroatoms. The third kappa shape index (κ3) is 1.83. The highest BCUT2D eigenvalue weighted by Gasteiger charge is 2.40. The highest BCUT2D eigenvalue weighted by atomic mass is 16.2. The van der Waals surface area contributed by atoms with Crippen LogP contribution < -0.4 is 15.5 Å². The molecule has 1 fully saturated rings. The highest BCUT2D eigenvalue weighted by molar-refractivity contribution is 5.99. The third-order valence-corrected chi connectivity index (χ3v) is 4.44. The maximum absolute atomic E-state index is 11.9. The van der Waals surface area contributed by atoms with Crippen LogP contribution in [0.5, 0.6) is 0 Å². The van der Waals surface area contributed by atoms with E-state index in [1.165, 1.54) is 0 Å². The molecule has 2 bridgehead atoms. The number of aromatic nitrogens is 2. The summed E-state index contributed by atoms with van der Waals surface area (Å²) < 4.78 is 0. The van der Waals surface area contributed by atoms with Crippen LogP contribution in [0.3, 0.4) is 0 Å². The van der Waals surface area contributed by atoms with Crippen LogP contribution in [0.15, 0.2) is 30.6 Å². The molecule has 0 radical (unpaired) electrons. The summed E-state index contributed by atoms with van der Waals surface area (Å²) in [4.78, 5) is 24.6. The van der Waals surface area contributed by atoms with Crippen molar-refractivity contribution in [3.8, 4) is 11.1 Å². The zero-order chi connectivity index (χ0) is 15.3. The monoisotopic (exact) mass is 295 g/mol. The normalized spacial score (nSPS) is 19.2. The van der Waals surface area contributed by atoms with Crippen molar-refractivity contribution in [2.45, 2.75) is 19.4 Å². The second-order valence-electron chi connectivity index (χ2n) is 5.82. The van der Waals surface area contributed by atoms with Crippen LogP contribution in [-0.4, -0.2) is 35.1 Å². The molecular formula is C16H17N5O. The average molecular weight is 295 g/mol. The highest BCUT2D eigenvalue weighted by Crippen LogP contribution is 2.44. The molecule has 1 atom stereocenters. The van der Waals surface area contributed by atoms with E-state index in [0.29, 0.717) is 5.82 Å². The van der Waals surface area contributed by atoms with E-state index in [1.807, 2.05) is 25.3 Å². The molecule has 22 heavy (non-hydrogen) atoms. The van der Waals surface area contributed by atoms with E-state index in [4.69, 9.17) is 5.73 Å². The fourth-order valence-electron chi connectivity index (χ4n) is 3.40. The molecule has 2 amide bonds. The van der Waals surface area contributed by atoms with Gasteiger partial charge in [0.15, 0.2) is 5.82 Å². The number of amides is 2. The summed E-state index contributed by atoms with van der Waals surface area (Å²) in [6.07, 6.45) is 4.52. The summed E-state index contributed by atoms with van der Waals surface area (Å²) in [7, 11) is 0.